The molecule has 1 fully saturated rings. The summed E-state index contributed by atoms with van der Waals surface area (Å²) in [6.45, 7) is 3.28. The Labute approximate surface area is 140 Å². The molecule has 0 saturated carbocycles. The average Bonchev–Trinajstić information content (AvgIpc) is 2.53. The average molecular weight is 340 g/mol. The molecule has 2 rings (SSSR count). The quantitative estimate of drug-likeness (QED) is 0.770. The van der Waals surface area contributed by atoms with Gasteiger partial charge in [-0.25, -0.2) is 4.79 Å². The number of carbonyl (C=O) groups is 2. The Morgan fingerprint density at radius 3 is 2.70 bits per heavy atom. The van der Waals surface area contributed by atoms with E-state index in [1.807, 2.05) is 6.92 Å². The maximum atomic E-state index is 11.7. The monoisotopic (exact) mass is 339 g/mol. The van der Waals surface area contributed by atoms with Gasteiger partial charge in [0.2, 0.25) is 5.91 Å². The lowest BCUT2D eigenvalue weighted by atomic mass is 9.96. The first-order valence-corrected chi connectivity index (χ1v) is 8.09. The number of halogens is 1. The predicted octanol–water partition coefficient (Wildman–Crippen LogP) is 2.39. The van der Waals surface area contributed by atoms with Gasteiger partial charge in [0, 0.05) is 23.9 Å². The molecule has 1 aromatic carbocycles. The number of ether oxygens (including phenoxy) is 1. The summed E-state index contributed by atoms with van der Waals surface area (Å²) in [5, 5.41) is 8.62. The summed E-state index contributed by atoms with van der Waals surface area (Å²) >= 11 is 5.77. The highest BCUT2D eigenvalue weighted by atomic mass is 35.5. The first kappa shape index (κ1) is 17.6. The van der Waals surface area contributed by atoms with Crippen LogP contribution in [0, 0.1) is 5.92 Å². The molecule has 1 aliphatic heterocycles. The van der Waals surface area contributed by atoms with Crippen molar-refractivity contribution in [1.82, 2.24) is 10.6 Å². The first-order valence-electron chi connectivity index (χ1n) is 7.71. The van der Waals surface area contributed by atoms with Gasteiger partial charge in [-0.15, -0.1) is 0 Å². The smallest absolute Gasteiger partial charge is 0.315 e. The van der Waals surface area contributed by atoms with Gasteiger partial charge in [-0.1, -0.05) is 11.6 Å². The molecule has 0 unspecified atom stereocenters. The van der Waals surface area contributed by atoms with Crippen LogP contribution in [0.15, 0.2) is 24.3 Å². The number of hydrogen-bond donors (Lipinski definition) is 3. The van der Waals surface area contributed by atoms with Crippen molar-refractivity contribution in [1.29, 1.82) is 0 Å². The summed E-state index contributed by atoms with van der Waals surface area (Å²) in [7, 11) is 0. The van der Waals surface area contributed by atoms with Crippen LogP contribution in [-0.4, -0.2) is 37.7 Å². The van der Waals surface area contributed by atoms with Crippen molar-refractivity contribution in [3.63, 3.8) is 0 Å². The summed E-state index contributed by atoms with van der Waals surface area (Å²) in [4.78, 5) is 23.5. The van der Waals surface area contributed by atoms with Crippen LogP contribution in [-0.2, 0) is 9.53 Å². The van der Waals surface area contributed by atoms with Crippen LogP contribution in [0.5, 0.6) is 0 Å². The third-order valence-electron chi connectivity index (χ3n) is 3.68. The van der Waals surface area contributed by atoms with Gasteiger partial charge in [0.25, 0.3) is 0 Å². The molecule has 1 heterocycles. The standard InChI is InChI=1S/C16H22ClN3O3/c1-11-8-12(6-7-23-11)9-18-16(22)19-10-15(21)20-14-4-2-13(17)3-5-14/h2-5,11-12H,6-10H2,1H3,(H,20,21)(H2,18,19,22)/t11-,12-/m1/s1. The van der Waals surface area contributed by atoms with Crippen LogP contribution < -0.4 is 16.0 Å². The van der Waals surface area contributed by atoms with Crippen molar-refractivity contribution >= 4 is 29.2 Å². The van der Waals surface area contributed by atoms with E-state index in [0.29, 0.717) is 23.2 Å². The maximum Gasteiger partial charge on any atom is 0.315 e. The summed E-state index contributed by atoms with van der Waals surface area (Å²) in [6, 6.07) is 6.44. The zero-order chi connectivity index (χ0) is 16.7. The van der Waals surface area contributed by atoms with Gasteiger partial charge in [-0.05, 0) is 49.9 Å². The largest absolute Gasteiger partial charge is 0.378 e. The lowest BCUT2D eigenvalue weighted by Crippen LogP contribution is -2.42. The SMILES string of the molecule is C[C@@H]1C[C@H](CNC(=O)NCC(=O)Nc2ccc(Cl)cc2)CCO1. The summed E-state index contributed by atoms with van der Waals surface area (Å²) in [5.74, 6) is 0.134. The highest BCUT2D eigenvalue weighted by Gasteiger charge is 2.19. The molecule has 0 aliphatic carbocycles. The second kappa shape index (κ2) is 8.74. The number of nitrogens with one attached hydrogen (secondary N) is 3. The third kappa shape index (κ3) is 6.46. The second-order valence-electron chi connectivity index (χ2n) is 5.69. The Balaban J connectivity index is 1.63. The molecule has 7 heteroatoms. The molecule has 0 aromatic heterocycles. The van der Waals surface area contributed by atoms with Crippen LogP contribution in [0.25, 0.3) is 0 Å². The Hall–Kier alpha value is -1.79. The van der Waals surface area contributed by atoms with Crippen molar-refractivity contribution in [2.24, 2.45) is 5.92 Å². The van der Waals surface area contributed by atoms with E-state index in [9.17, 15) is 9.59 Å². The van der Waals surface area contributed by atoms with Gasteiger partial charge in [0.15, 0.2) is 0 Å². The highest BCUT2D eigenvalue weighted by molar-refractivity contribution is 6.30. The maximum absolute atomic E-state index is 11.7. The molecule has 1 aromatic rings. The molecule has 0 radical (unpaired) electrons. The highest BCUT2D eigenvalue weighted by Crippen LogP contribution is 2.18. The molecule has 126 valence electrons. The summed E-state index contributed by atoms with van der Waals surface area (Å²) < 4.78 is 5.47. The molecular formula is C16H22ClN3O3. The number of benzene rings is 1. The normalized spacial score (nSPS) is 20.6. The van der Waals surface area contributed by atoms with Crippen molar-refractivity contribution in [3.8, 4) is 0 Å². The third-order valence-corrected chi connectivity index (χ3v) is 3.93. The first-order chi connectivity index (χ1) is 11.0. The predicted molar refractivity (Wildman–Crippen MR) is 89.6 cm³/mol. The summed E-state index contributed by atoms with van der Waals surface area (Å²) in [6.07, 6.45) is 2.13. The van der Waals surface area contributed by atoms with Crippen molar-refractivity contribution < 1.29 is 14.3 Å². The van der Waals surface area contributed by atoms with Crippen LogP contribution in [0.3, 0.4) is 0 Å². The number of hydrogen-bond acceptors (Lipinski definition) is 3. The summed E-state index contributed by atoms with van der Waals surface area (Å²) in [5.41, 5.74) is 0.637. The zero-order valence-electron chi connectivity index (χ0n) is 13.1. The molecule has 1 saturated heterocycles. The lowest BCUT2D eigenvalue weighted by Gasteiger charge is -2.27. The Morgan fingerprint density at radius 2 is 2.00 bits per heavy atom. The van der Waals surface area contributed by atoms with Crippen LogP contribution in [0.2, 0.25) is 5.02 Å². The molecule has 3 amide bonds. The van der Waals surface area contributed by atoms with Gasteiger partial charge >= 0.3 is 6.03 Å². The van der Waals surface area contributed by atoms with Gasteiger partial charge in [-0.2, -0.15) is 0 Å². The van der Waals surface area contributed by atoms with E-state index in [1.54, 1.807) is 24.3 Å². The van der Waals surface area contributed by atoms with E-state index < -0.39 is 0 Å². The van der Waals surface area contributed by atoms with Gasteiger partial charge in [-0.3, -0.25) is 4.79 Å². The Kier molecular flexibility index (Phi) is 6.67. The fraction of sp³-hybridized carbons (Fsp3) is 0.500. The van der Waals surface area contributed by atoms with Crippen molar-refractivity contribution in [3.05, 3.63) is 29.3 Å². The molecule has 23 heavy (non-hydrogen) atoms. The van der Waals surface area contributed by atoms with Crippen LogP contribution in [0.1, 0.15) is 19.8 Å². The Morgan fingerprint density at radius 1 is 1.26 bits per heavy atom. The molecule has 0 spiro atoms. The van der Waals surface area contributed by atoms with Gasteiger partial charge in [0.05, 0.1) is 12.6 Å². The number of urea groups is 1. The van der Waals surface area contributed by atoms with E-state index in [4.69, 9.17) is 16.3 Å². The molecule has 6 nitrogen and oxygen atoms in total. The molecule has 0 bridgehead atoms. The topological polar surface area (TPSA) is 79.5 Å². The number of carbonyl (C=O) groups excluding carboxylic acids is 2. The van der Waals surface area contributed by atoms with Gasteiger partial charge in [0.1, 0.15) is 0 Å². The van der Waals surface area contributed by atoms with E-state index in [1.165, 1.54) is 0 Å². The van der Waals surface area contributed by atoms with E-state index in [-0.39, 0.29) is 24.6 Å². The number of rotatable bonds is 5. The number of amides is 3. The minimum absolute atomic E-state index is 0.0847. The van der Waals surface area contributed by atoms with Crippen LogP contribution in [0.4, 0.5) is 10.5 Å². The minimum atomic E-state index is -0.338. The Bertz CT molecular complexity index is 536. The van der Waals surface area contributed by atoms with E-state index in [2.05, 4.69) is 16.0 Å². The second-order valence-corrected chi connectivity index (χ2v) is 6.13. The minimum Gasteiger partial charge on any atom is -0.378 e. The molecule has 3 N–H and O–H groups in total. The van der Waals surface area contributed by atoms with E-state index >= 15 is 0 Å². The van der Waals surface area contributed by atoms with Crippen molar-refractivity contribution in [2.75, 3.05) is 25.0 Å². The van der Waals surface area contributed by atoms with Crippen molar-refractivity contribution in [2.45, 2.75) is 25.9 Å². The van der Waals surface area contributed by atoms with E-state index in [0.717, 1.165) is 19.4 Å². The molecule has 2 atom stereocenters. The fourth-order valence-corrected chi connectivity index (χ4v) is 2.60. The molecule has 1 aliphatic rings. The number of anilines is 1. The van der Waals surface area contributed by atoms with Gasteiger partial charge < -0.3 is 20.7 Å². The van der Waals surface area contributed by atoms with Crippen LogP contribution >= 0.6 is 11.6 Å². The zero-order valence-corrected chi connectivity index (χ0v) is 13.9. The fourth-order valence-electron chi connectivity index (χ4n) is 2.48. The lowest BCUT2D eigenvalue weighted by molar-refractivity contribution is -0.115. The molecular weight excluding hydrogens is 318 g/mol.